The molecular weight excluding hydrogens is 464 g/mol. The highest BCUT2D eigenvalue weighted by Crippen LogP contribution is 2.36. The second kappa shape index (κ2) is 9.15. The molecule has 2 aliphatic heterocycles. The summed E-state index contributed by atoms with van der Waals surface area (Å²) in [7, 11) is 0. The molecule has 9 nitrogen and oxygen atoms in total. The lowest BCUT2D eigenvalue weighted by molar-refractivity contribution is -0.384. The number of aliphatic imine (C=N–C) groups is 1. The summed E-state index contributed by atoms with van der Waals surface area (Å²) < 4.78 is 1.78. The SMILES string of the molecule is CC[C@H](C1=NN2C(=N)/C(=C\c3cccn3-c3ccc([N+](=O)[O-])cc3)C(=O)N=C2S1)c1ccccc1. The van der Waals surface area contributed by atoms with Crippen molar-refractivity contribution in [3.8, 4) is 5.69 Å². The molecule has 0 radical (unpaired) electrons. The standard InChI is InChI=1S/C25H20N6O3S/c1-2-20(16-7-4-3-5-8-16)24-28-30-22(26)21(23(32)27-25(30)35-24)15-19-9-6-14-29(19)17-10-12-18(13-11-17)31(33)34/h3-15,20,26H,2H2,1H3/b21-15+,26-22?/t20-/m0/s1. The number of carbonyl (C=O) groups excluding carboxylic acids is 1. The van der Waals surface area contributed by atoms with Crippen LogP contribution in [0.1, 0.15) is 30.5 Å². The van der Waals surface area contributed by atoms with E-state index >= 15 is 0 Å². The van der Waals surface area contributed by atoms with Crippen LogP contribution in [0, 0.1) is 15.5 Å². The molecule has 10 heteroatoms. The Balaban J connectivity index is 1.46. The van der Waals surface area contributed by atoms with Crippen molar-refractivity contribution < 1.29 is 9.72 Å². The fourth-order valence-corrected chi connectivity index (χ4v) is 5.12. The number of benzene rings is 2. The van der Waals surface area contributed by atoms with Crippen molar-refractivity contribution in [2.75, 3.05) is 0 Å². The van der Waals surface area contributed by atoms with Gasteiger partial charge in [0.15, 0.2) is 5.84 Å². The number of rotatable bonds is 6. The Morgan fingerprint density at radius 3 is 2.54 bits per heavy atom. The first-order chi connectivity index (χ1) is 17.0. The van der Waals surface area contributed by atoms with Crippen molar-refractivity contribution in [2.24, 2.45) is 10.1 Å². The largest absolute Gasteiger partial charge is 0.317 e. The summed E-state index contributed by atoms with van der Waals surface area (Å²) in [5.74, 6) is -0.500. The third-order valence-electron chi connectivity index (χ3n) is 5.79. The zero-order valence-corrected chi connectivity index (χ0v) is 19.5. The molecule has 0 saturated heterocycles. The number of hydrazone groups is 1. The summed E-state index contributed by atoms with van der Waals surface area (Å²) in [6.07, 6.45) is 4.20. The molecule has 1 N–H and O–H groups in total. The Morgan fingerprint density at radius 1 is 1.11 bits per heavy atom. The average Bonchev–Trinajstić information content (AvgIpc) is 3.50. The first-order valence-corrected chi connectivity index (χ1v) is 11.7. The Kier molecular flexibility index (Phi) is 5.87. The zero-order valence-electron chi connectivity index (χ0n) is 18.7. The molecule has 1 amide bonds. The minimum atomic E-state index is -0.505. The highest BCUT2D eigenvalue weighted by Gasteiger charge is 2.37. The lowest BCUT2D eigenvalue weighted by Gasteiger charge is -2.20. The van der Waals surface area contributed by atoms with Crippen LogP contribution < -0.4 is 0 Å². The molecule has 35 heavy (non-hydrogen) atoms. The van der Waals surface area contributed by atoms with E-state index < -0.39 is 10.8 Å². The van der Waals surface area contributed by atoms with Gasteiger partial charge in [0.2, 0.25) is 5.17 Å². The predicted molar refractivity (Wildman–Crippen MR) is 137 cm³/mol. The Morgan fingerprint density at radius 2 is 1.86 bits per heavy atom. The van der Waals surface area contributed by atoms with Gasteiger partial charge in [-0.3, -0.25) is 20.3 Å². The number of non-ortho nitro benzene ring substituents is 1. The van der Waals surface area contributed by atoms with E-state index in [1.54, 1.807) is 41.1 Å². The van der Waals surface area contributed by atoms with Crippen LogP contribution in [0.5, 0.6) is 0 Å². The monoisotopic (exact) mass is 484 g/mol. The third-order valence-corrected chi connectivity index (χ3v) is 6.81. The molecule has 0 unspecified atom stereocenters. The maximum atomic E-state index is 12.9. The molecule has 3 heterocycles. The van der Waals surface area contributed by atoms with Crippen molar-refractivity contribution in [1.82, 2.24) is 9.58 Å². The summed E-state index contributed by atoms with van der Waals surface area (Å²) in [4.78, 5) is 27.6. The number of nitro groups is 1. The molecule has 0 spiro atoms. The molecule has 1 atom stereocenters. The molecule has 0 fully saturated rings. The molecule has 0 saturated carbocycles. The van der Waals surface area contributed by atoms with Crippen LogP contribution in [0.4, 0.5) is 5.69 Å². The average molecular weight is 485 g/mol. The van der Waals surface area contributed by atoms with E-state index in [0.29, 0.717) is 16.5 Å². The number of hydrogen-bond acceptors (Lipinski definition) is 6. The van der Waals surface area contributed by atoms with Gasteiger partial charge in [0.1, 0.15) is 5.04 Å². The van der Waals surface area contributed by atoms with Gasteiger partial charge >= 0.3 is 0 Å². The van der Waals surface area contributed by atoms with Gasteiger partial charge in [0.05, 0.1) is 10.5 Å². The van der Waals surface area contributed by atoms with E-state index in [4.69, 9.17) is 5.41 Å². The van der Waals surface area contributed by atoms with Gasteiger partial charge in [0.25, 0.3) is 11.6 Å². The Hall–Kier alpha value is -4.31. The molecule has 2 aliphatic rings. The summed E-state index contributed by atoms with van der Waals surface area (Å²) in [6.45, 7) is 2.08. The van der Waals surface area contributed by atoms with E-state index in [1.807, 2.05) is 30.3 Å². The summed E-state index contributed by atoms with van der Waals surface area (Å²) in [6, 6.07) is 19.7. The van der Waals surface area contributed by atoms with Crippen LogP contribution in [-0.4, -0.2) is 36.5 Å². The summed E-state index contributed by atoms with van der Waals surface area (Å²) in [5.41, 5.74) is 2.56. The third kappa shape index (κ3) is 4.19. The number of aromatic nitrogens is 1. The minimum Gasteiger partial charge on any atom is -0.317 e. The molecule has 0 bridgehead atoms. The fourth-order valence-electron chi connectivity index (χ4n) is 4.02. The molecule has 2 aromatic carbocycles. The van der Waals surface area contributed by atoms with Gasteiger partial charge in [-0.1, -0.05) is 37.3 Å². The molecule has 5 rings (SSSR count). The number of thioether (sulfide) groups is 1. The van der Waals surface area contributed by atoms with E-state index in [9.17, 15) is 14.9 Å². The van der Waals surface area contributed by atoms with E-state index in [2.05, 4.69) is 17.0 Å². The number of carbonyl (C=O) groups is 1. The fraction of sp³-hybridized carbons (Fsp3) is 0.120. The van der Waals surface area contributed by atoms with Crippen molar-refractivity contribution in [3.05, 3.63) is 99.9 Å². The van der Waals surface area contributed by atoms with Gasteiger partial charge in [-0.2, -0.15) is 15.1 Å². The molecular formula is C25H20N6O3S. The van der Waals surface area contributed by atoms with Gasteiger partial charge in [-0.05, 0) is 54.1 Å². The van der Waals surface area contributed by atoms with E-state index in [-0.39, 0.29) is 23.0 Å². The molecule has 3 aromatic rings. The van der Waals surface area contributed by atoms with E-state index in [1.165, 1.54) is 28.9 Å². The van der Waals surface area contributed by atoms with E-state index in [0.717, 1.165) is 17.0 Å². The number of amidine groups is 2. The van der Waals surface area contributed by atoms with Crippen LogP contribution >= 0.6 is 11.8 Å². The summed E-state index contributed by atoms with van der Waals surface area (Å²) >= 11 is 1.32. The highest BCUT2D eigenvalue weighted by molar-refractivity contribution is 8.27. The van der Waals surface area contributed by atoms with Crippen LogP contribution in [-0.2, 0) is 4.79 Å². The van der Waals surface area contributed by atoms with Crippen molar-refractivity contribution in [3.63, 3.8) is 0 Å². The first kappa shape index (κ1) is 22.5. The second-order valence-corrected chi connectivity index (χ2v) is 8.89. The van der Waals surface area contributed by atoms with Gasteiger partial charge < -0.3 is 4.57 Å². The first-order valence-electron chi connectivity index (χ1n) is 10.9. The zero-order chi connectivity index (χ0) is 24.5. The number of nitrogens with one attached hydrogen (secondary N) is 1. The maximum absolute atomic E-state index is 12.9. The second-order valence-electron chi connectivity index (χ2n) is 7.91. The van der Waals surface area contributed by atoms with Crippen LogP contribution in [0.2, 0.25) is 0 Å². The Bertz CT molecular complexity index is 1420. The van der Waals surface area contributed by atoms with Gasteiger partial charge in [-0.15, -0.1) is 0 Å². The number of hydrogen-bond donors (Lipinski definition) is 1. The van der Waals surface area contributed by atoms with Gasteiger partial charge in [0, 0.05) is 35.6 Å². The van der Waals surface area contributed by atoms with Gasteiger partial charge in [-0.25, -0.2) is 0 Å². The number of fused-ring (bicyclic) bond motifs is 1. The normalized spacial score (nSPS) is 17.3. The lowest BCUT2D eigenvalue weighted by atomic mass is 9.98. The van der Waals surface area contributed by atoms with Crippen molar-refractivity contribution >= 4 is 45.5 Å². The smallest absolute Gasteiger partial charge is 0.283 e. The molecule has 174 valence electrons. The quantitative estimate of drug-likeness (QED) is 0.293. The van der Waals surface area contributed by atoms with Crippen LogP contribution in [0.25, 0.3) is 11.8 Å². The van der Waals surface area contributed by atoms with Crippen molar-refractivity contribution in [1.29, 1.82) is 5.41 Å². The maximum Gasteiger partial charge on any atom is 0.283 e. The molecule has 1 aromatic heterocycles. The predicted octanol–water partition coefficient (Wildman–Crippen LogP) is 5.20. The summed E-state index contributed by atoms with van der Waals surface area (Å²) in [5, 5.41) is 26.9. The minimum absolute atomic E-state index is 0.00648. The number of nitro benzene ring substituents is 1. The lowest BCUT2D eigenvalue weighted by Crippen LogP contribution is -2.35. The Labute approximate surface area is 205 Å². The topological polar surface area (TPSA) is 117 Å². The number of nitrogens with zero attached hydrogens (tertiary/aromatic N) is 5. The molecule has 0 aliphatic carbocycles. The number of amides is 1. The van der Waals surface area contributed by atoms with Crippen molar-refractivity contribution in [2.45, 2.75) is 19.3 Å². The van der Waals surface area contributed by atoms with Crippen LogP contribution in [0.3, 0.4) is 0 Å². The highest BCUT2D eigenvalue weighted by atomic mass is 32.2. The van der Waals surface area contributed by atoms with Crippen LogP contribution in [0.15, 0.2) is 88.6 Å².